The molecule has 6 amide bonds. The fourth-order valence-electron chi connectivity index (χ4n) is 6.11. The Hall–Kier alpha value is -6.80. The van der Waals surface area contributed by atoms with Crippen LogP contribution in [0.25, 0.3) is 11.4 Å². The second-order valence-corrected chi connectivity index (χ2v) is 12.6. The Morgan fingerprint density at radius 1 is 0.964 bits per heavy atom. The predicted molar refractivity (Wildman–Crippen MR) is 200 cm³/mol. The summed E-state index contributed by atoms with van der Waals surface area (Å²) in [5.74, 6) is -2.09. The summed E-state index contributed by atoms with van der Waals surface area (Å²) in [6, 6.07) is 10.6. The molecule has 6 N–H and O–H groups in total. The van der Waals surface area contributed by atoms with Gasteiger partial charge in [0.15, 0.2) is 23.1 Å². The summed E-state index contributed by atoms with van der Waals surface area (Å²) in [6.45, 7) is 1.66. The number of ether oxygens (including phenoxy) is 2. The molecule has 20 heteroatoms. The molecule has 1 atom stereocenters. The van der Waals surface area contributed by atoms with Crippen LogP contribution >= 0.6 is 0 Å². The number of anilines is 4. The molecule has 0 spiro atoms. The summed E-state index contributed by atoms with van der Waals surface area (Å²) in [5, 5.41) is 29.2. The number of fused-ring (bicyclic) bond motifs is 1. The van der Waals surface area contributed by atoms with Crippen LogP contribution in [0.15, 0.2) is 48.8 Å². The quantitative estimate of drug-likeness (QED) is 0.0643. The summed E-state index contributed by atoms with van der Waals surface area (Å²) in [6.07, 6.45) is 2.32. The van der Waals surface area contributed by atoms with Crippen LogP contribution in [0.4, 0.5) is 22.9 Å². The summed E-state index contributed by atoms with van der Waals surface area (Å²) in [5.41, 5.74) is 2.40. The number of hydrogen-bond acceptors (Lipinski definition) is 15. The lowest BCUT2D eigenvalue weighted by atomic mass is 10.0. The first kappa shape index (κ1) is 38.9. The van der Waals surface area contributed by atoms with Crippen molar-refractivity contribution in [2.45, 2.75) is 25.3 Å². The Balaban J connectivity index is 0.927. The van der Waals surface area contributed by atoms with E-state index in [4.69, 9.17) is 9.47 Å². The number of piperidine rings is 1. The van der Waals surface area contributed by atoms with Gasteiger partial charge in [-0.05, 0) is 49.7 Å². The number of methoxy groups -OCH3 is 1. The van der Waals surface area contributed by atoms with Gasteiger partial charge in [-0.25, -0.2) is 4.98 Å². The molecule has 2 aliphatic heterocycles. The van der Waals surface area contributed by atoms with Gasteiger partial charge in [-0.15, -0.1) is 10.2 Å². The lowest BCUT2D eigenvalue weighted by Crippen LogP contribution is -2.54. The van der Waals surface area contributed by atoms with Gasteiger partial charge in [0.1, 0.15) is 12.4 Å². The van der Waals surface area contributed by atoms with Gasteiger partial charge in [0.05, 0.1) is 48.3 Å². The van der Waals surface area contributed by atoms with Crippen molar-refractivity contribution < 1.29 is 38.2 Å². The van der Waals surface area contributed by atoms with E-state index >= 15 is 0 Å². The number of benzene rings is 2. The first-order valence-electron chi connectivity index (χ1n) is 17.7. The monoisotopic (exact) mass is 768 g/mol. The first-order valence-corrected chi connectivity index (χ1v) is 17.7. The number of aryl methyl sites for hydroxylation is 1. The third-order valence-electron chi connectivity index (χ3n) is 8.78. The third-order valence-corrected chi connectivity index (χ3v) is 8.78. The molecule has 292 valence electrons. The Labute approximate surface area is 320 Å². The van der Waals surface area contributed by atoms with Gasteiger partial charge < -0.3 is 36.1 Å². The van der Waals surface area contributed by atoms with Gasteiger partial charge in [-0.3, -0.25) is 43.7 Å². The van der Waals surface area contributed by atoms with Crippen LogP contribution in [0.2, 0.25) is 0 Å². The number of nitrogens with zero attached hydrogens (tertiary/aromatic N) is 6. The predicted octanol–water partition coefficient (Wildman–Crippen LogP) is 0.832. The molecule has 4 heterocycles. The van der Waals surface area contributed by atoms with Crippen molar-refractivity contribution in [3.8, 4) is 17.1 Å². The summed E-state index contributed by atoms with van der Waals surface area (Å²) in [4.78, 5) is 80.3. The van der Waals surface area contributed by atoms with Gasteiger partial charge in [-0.1, -0.05) is 6.07 Å². The molecule has 1 fully saturated rings. The highest BCUT2D eigenvalue weighted by Gasteiger charge is 2.44. The number of carbonyl (C=O) groups is 6. The molecule has 0 bridgehead atoms. The molecule has 2 aliphatic rings. The molecule has 0 aliphatic carbocycles. The Morgan fingerprint density at radius 3 is 2.54 bits per heavy atom. The summed E-state index contributed by atoms with van der Waals surface area (Å²) >= 11 is 0. The van der Waals surface area contributed by atoms with Crippen LogP contribution in [0, 0.1) is 0 Å². The number of para-hydroxylation sites is 1. The average Bonchev–Trinajstić information content (AvgIpc) is 3.73. The maximum Gasteiger partial charge on any atom is 0.273 e. The van der Waals surface area contributed by atoms with Crippen molar-refractivity contribution in [3.63, 3.8) is 0 Å². The van der Waals surface area contributed by atoms with E-state index in [0.717, 1.165) is 4.90 Å². The molecule has 56 heavy (non-hydrogen) atoms. The van der Waals surface area contributed by atoms with E-state index in [1.807, 2.05) is 0 Å². The Kier molecular flexibility index (Phi) is 12.2. The van der Waals surface area contributed by atoms with E-state index < -0.39 is 35.6 Å². The number of imide groups is 2. The van der Waals surface area contributed by atoms with Crippen molar-refractivity contribution in [3.05, 3.63) is 65.6 Å². The SMILES string of the molecule is CNC(=O)c1nnc(NC(=O)CNCCCOCCNc2ccc3c(c2)C(=O)N(C2CCC(=O)NC2=O)C3=O)cc1Nc1cccc(-c2ncn(C)n2)c1OC. The molecule has 0 saturated carbocycles. The summed E-state index contributed by atoms with van der Waals surface area (Å²) in [7, 11) is 4.73. The third kappa shape index (κ3) is 8.77. The van der Waals surface area contributed by atoms with E-state index in [0.29, 0.717) is 61.2 Å². The standard InChI is InChI=1S/C36H40N12O8/c1-37-34(52)30-25(41-24-7-4-6-22(31(24)55-3)32-40-19-47(2)46-32)17-27(44-45-30)42-29(50)18-38-12-5-14-56-15-13-39-20-8-9-21-23(16-20)36(54)48(35(21)53)26-10-11-28(49)43-33(26)51/h4,6-9,16-17,19,26,38-39H,5,10-15,18H2,1-3H3,(H,37,52)(H,43,49,51)(H2,41,42,44,50). The molecule has 2 aromatic heterocycles. The van der Waals surface area contributed by atoms with Crippen molar-refractivity contribution in [2.75, 3.05) is 63.0 Å². The molecular formula is C36H40N12O8. The van der Waals surface area contributed by atoms with E-state index in [1.54, 1.807) is 48.4 Å². The lowest BCUT2D eigenvalue weighted by molar-refractivity contribution is -0.136. The first-order chi connectivity index (χ1) is 27.1. The number of aromatic nitrogens is 5. The second-order valence-electron chi connectivity index (χ2n) is 12.6. The number of nitrogens with one attached hydrogen (secondary N) is 6. The number of amides is 6. The van der Waals surface area contributed by atoms with Gasteiger partial charge in [0.2, 0.25) is 17.7 Å². The van der Waals surface area contributed by atoms with Crippen LogP contribution in [0.5, 0.6) is 5.75 Å². The zero-order chi connectivity index (χ0) is 39.8. The van der Waals surface area contributed by atoms with Crippen LogP contribution < -0.4 is 36.6 Å². The molecule has 2 aromatic carbocycles. The molecule has 20 nitrogen and oxygen atoms in total. The van der Waals surface area contributed by atoms with Gasteiger partial charge >= 0.3 is 0 Å². The van der Waals surface area contributed by atoms with E-state index in [9.17, 15) is 28.8 Å². The van der Waals surface area contributed by atoms with Crippen LogP contribution in [-0.4, -0.2) is 118 Å². The van der Waals surface area contributed by atoms with Gasteiger partial charge in [-0.2, -0.15) is 5.10 Å². The maximum atomic E-state index is 13.0. The Morgan fingerprint density at radius 2 is 1.79 bits per heavy atom. The molecule has 1 unspecified atom stereocenters. The molecule has 0 radical (unpaired) electrons. The second kappa shape index (κ2) is 17.6. The lowest BCUT2D eigenvalue weighted by Gasteiger charge is -2.27. The van der Waals surface area contributed by atoms with Crippen molar-refractivity contribution >= 4 is 58.3 Å². The number of hydrogen-bond donors (Lipinski definition) is 6. The minimum atomic E-state index is -1.02. The van der Waals surface area contributed by atoms with Gasteiger partial charge in [0.25, 0.3) is 17.7 Å². The van der Waals surface area contributed by atoms with Crippen LogP contribution in [0.3, 0.4) is 0 Å². The van der Waals surface area contributed by atoms with Crippen molar-refractivity contribution in [1.29, 1.82) is 0 Å². The molecule has 6 rings (SSSR count). The fraction of sp³-hybridized carbons (Fsp3) is 0.333. The normalized spacial score (nSPS) is 15.0. The minimum Gasteiger partial charge on any atom is -0.494 e. The smallest absolute Gasteiger partial charge is 0.273 e. The summed E-state index contributed by atoms with van der Waals surface area (Å²) < 4.78 is 12.9. The zero-order valence-electron chi connectivity index (χ0n) is 30.8. The van der Waals surface area contributed by atoms with Crippen molar-refractivity contribution in [2.24, 2.45) is 7.05 Å². The van der Waals surface area contributed by atoms with E-state index in [1.165, 1.54) is 26.3 Å². The van der Waals surface area contributed by atoms with Gasteiger partial charge in [0, 0.05) is 45.4 Å². The topological polar surface area (TPSA) is 253 Å². The zero-order valence-corrected chi connectivity index (χ0v) is 30.8. The largest absolute Gasteiger partial charge is 0.494 e. The molecule has 1 saturated heterocycles. The van der Waals surface area contributed by atoms with Crippen LogP contribution in [0.1, 0.15) is 50.5 Å². The average molecular weight is 769 g/mol. The van der Waals surface area contributed by atoms with Crippen LogP contribution in [-0.2, 0) is 26.2 Å². The maximum absolute atomic E-state index is 13.0. The molecule has 4 aromatic rings. The van der Waals surface area contributed by atoms with E-state index in [2.05, 4.69) is 52.2 Å². The minimum absolute atomic E-state index is 0.000482. The highest BCUT2D eigenvalue weighted by molar-refractivity contribution is 6.23. The van der Waals surface area contributed by atoms with Crippen molar-refractivity contribution in [1.82, 2.24) is 45.8 Å². The number of carbonyl (C=O) groups excluding carboxylic acids is 6. The highest BCUT2D eigenvalue weighted by Crippen LogP contribution is 2.37. The molecular weight excluding hydrogens is 728 g/mol. The number of rotatable bonds is 17. The van der Waals surface area contributed by atoms with E-state index in [-0.39, 0.29) is 53.6 Å². The highest BCUT2D eigenvalue weighted by atomic mass is 16.5. The Bertz CT molecular complexity index is 2170. The fourth-order valence-corrected chi connectivity index (χ4v) is 6.11.